The summed E-state index contributed by atoms with van der Waals surface area (Å²) in [4.78, 5) is 0. The van der Waals surface area contributed by atoms with E-state index in [4.69, 9.17) is 4.74 Å². The Labute approximate surface area is 119 Å². The van der Waals surface area contributed by atoms with Gasteiger partial charge in [0.2, 0.25) is 0 Å². The lowest BCUT2D eigenvalue weighted by atomic mass is 10.1. The summed E-state index contributed by atoms with van der Waals surface area (Å²) in [6.45, 7) is 0.688. The maximum atomic E-state index is 5.87. The van der Waals surface area contributed by atoms with Crippen LogP contribution in [0.2, 0.25) is 0 Å². The summed E-state index contributed by atoms with van der Waals surface area (Å²) < 4.78 is 7.76. The average Bonchev–Trinajstić information content (AvgIpc) is 3.05. The maximum absolute atomic E-state index is 5.87. The largest absolute Gasteiger partial charge is 0.493 e. The van der Waals surface area contributed by atoms with E-state index in [0.29, 0.717) is 12.6 Å². The third-order valence-corrected chi connectivity index (χ3v) is 4.09. The van der Waals surface area contributed by atoms with Crippen LogP contribution in [0.15, 0.2) is 30.5 Å². The lowest BCUT2D eigenvalue weighted by Gasteiger charge is -2.11. The van der Waals surface area contributed by atoms with Crippen molar-refractivity contribution >= 4 is 0 Å². The molecule has 1 atom stereocenters. The molecule has 2 aromatic rings. The highest BCUT2D eigenvalue weighted by Gasteiger charge is 2.20. The molecule has 0 radical (unpaired) electrons. The number of fused-ring (bicyclic) bond motifs is 1. The molecule has 1 aliphatic rings. The smallest absolute Gasteiger partial charge is 0.119 e. The topological polar surface area (TPSA) is 39.1 Å². The molecule has 0 bridgehead atoms. The average molecular weight is 271 g/mol. The molecule has 0 saturated carbocycles. The monoisotopic (exact) mass is 271 g/mol. The van der Waals surface area contributed by atoms with E-state index in [0.717, 1.165) is 18.6 Å². The number of benzene rings is 1. The summed E-state index contributed by atoms with van der Waals surface area (Å²) in [5.41, 5.74) is 4.04. The Morgan fingerprint density at radius 2 is 2.30 bits per heavy atom. The maximum Gasteiger partial charge on any atom is 0.119 e. The van der Waals surface area contributed by atoms with Gasteiger partial charge in [0.25, 0.3) is 0 Å². The highest BCUT2D eigenvalue weighted by molar-refractivity contribution is 5.40. The first-order valence-electron chi connectivity index (χ1n) is 7.17. The zero-order valence-corrected chi connectivity index (χ0v) is 12.1. The predicted octanol–water partition coefficient (Wildman–Crippen LogP) is 2.25. The first-order chi connectivity index (χ1) is 9.78. The van der Waals surface area contributed by atoms with Crippen molar-refractivity contribution in [2.75, 3.05) is 13.7 Å². The van der Waals surface area contributed by atoms with Gasteiger partial charge >= 0.3 is 0 Å². The SMILES string of the molecule is CNC1CCc2cc(OCCc3ccnn3C)ccc21. The first-order valence-corrected chi connectivity index (χ1v) is 7.17. The second-order valence-electron chi connectivity index (χ2n) is 5.29. The molecule has 0 amide bonds. The molecule has 0 saturated heterocycles. The number of hydrogen-bond donors (Lipinski definition) is 1. The van der Waals surface area contributed by atoms with E-state index >= 15 is 0 Å². The number of nitrogens with zero attached hydrogens (tertiary/aromatic N) is 2. The molecular formula is C16H21N3O. The lowest BCUT2D eigenvalue weighted by molar-refractivity contribution is 0.318. The Morgan fingerprint density at radius 3 is 3.05 bits per heavy atom. The molecule has 1 N–H and O–H groups in total. The summed E-state index contributed by atoms with van der Waals surface area (Å²) in [6.07, 6.45) is 5.03. The van der Waals surface area contributed by atoms with Gasteiger partial charge in [-0.1, -0.05) is 6.07 Å². The van der Waals surface area contributed by atoms with Gasteiger partial charge < -0.3 is 10.1 Å². The zero-order chi connectivity index (χ0) is 13.9. The number of aryl methyl sites for hydroxylation is 2. The standard InChI is InChI=1S/C16H21N3O/c1-17-16-6-3-12-11-14(4-5-15(12)16)20-10-8-13-7-9-18-19(13)2/h4-5,7,9,11,16-17H,3,6,8,10H2,1-2H3. The quantitative estimate of drug-likeness (QED) is 0.906. The molecule has 20 heavy (non-hydrogen) atoms. The molecule has 1 unspecified atom stereocenters. The molecule has 3 rings (SSSR count). The van der Waals surface area contributed by atoms with Crippen LogP contribution in [-0.2, 0) is 19.9 Å². The Hall–Kier alpha value is -1.81. The van der Waals surface area contributed by atoms with Gasteiger partial charge in [0.05, 0.1) is 6.61 Å². The van der Waals surface area contributed by atoms with E-state index in [1.54, 1.807) is 0 Å². The molecule has 4 heteroatoms. The summed E-state index contributed by atoms with van der Waals surface area (Å²) in [5.74, 6) is 0.975. The Bertz CT molecular complexity index is 591. The van der Waals surface area contributed by atoms with Crippen LogP contribution < -0.4 is 10.1 Å². The third-order valence-electron chi connectivity index (χ3n) is 4.09. The van der Waals surface area contributed by atoms with E-state index in [-0.39, 0.29) is 0 Å². The van der Waals surface area contributed by atoms with Gasteiger partial charge in [0.1, 0.15) is 5.75 Å². The van der Waals surface area contributed by atoms with Gasteiger partial charge in [-0.15, -0.1) is 0 Å². The normalized spacial score (nSPS) is 17.2. The second kappa shape index (κ2) is 5.67. The lowest BCUT2D eigenvalue weighted by Crippen LogP contribution is -2.12. The molecule has 1 aromatic heterocycles. The van der Waals surface area contributed by atoms with Crippen molar-refractivity contribution in [2.24, 2.45) is 7.05 Å². The van der Waals surface area contributed by atoms with E-state index < -0.39 is 0 Å². The van der Waals surface area contributed by atoms with Crippen molar-refractivity contribution in [3.63, 3.8) is 0 Å². The van der Waals surface area contributed by atoms with Crippen molar-refractivity contribution in [3.05, 3.63) is 47.3 Å². The number of hydrogen-bond acceptors (Lipinski definition) is 3. The second-order valence-corrected chi connectivity index (χ2v) is 5.29. The molecule has 0 aliphatic heterocycles. The van der Waals surface area contributed by atoms with Crippen molar-refractivity contribution in [2.45, 2.75) is 25.3 Å². The van der Waals surface area contributed by atoms with Crippen molar-refractivity contribution in [1.29, 1.82) is 0 Å². The number of nitrogens with one attached hydrogen (secondary N) is 1. The van der Waals surface area contributed by atoms with Gasteiger partial charge in [-0.3, -0.25) is 4.68 Å². The van der Waals surface area contributed by atoms with Gasteiger partial charge in [-0.2, -0.15) is 5.10 Å². The Kier molecular flexibility index (Phi) is 3.74. The number of ether oxygens (including phenoxy) is 1. The van der Waals surface area contributed by atoms with Crippen molar-refractivity contribution in [3.8, 4) is 5.75 Å². The Morgan fingerprint density at radius 1 is 1.40 bits per heavy atom. The van der Waals surface area contributed by atoms with E-state index in [1.165, 1.54) is 23.2 Å². The predicted molar refractivity (Wildman–Crippen MR) is 79.0 cm³/mol. The molecule has 0 spiro atoms. The fraction of sp³-hybridized carbons (Fsp3) is 0.438. The van der Waals surface area contributed by atoms with Crippen LogP contribution >= 0.6 is 0 Å². The molecule has 1 aliphatic carbocycles. The molecule has 1 heterocycles. The van der Waals surface area contributed by atoms with E-state index in [1.807, 2.05) is 31.0 Å². The number of aromatic nitrogens is 2. The molecular weight excluding hydrogens is 250 g/mol. The fourth-order valence-electron chi connectivity index (χ4n) is 2.90. The first kappa shape index (κ1) is 13.2. The van der Waals surface area contributed by atoms with Gasteiger partial charge in [-0.05, 0) is 49.2 Å². The van der Waals surface area contributed by atoms with Gasteiger partial charge in [-0.25, -0.2) is 0 Å². The summed E-state index contributed by atoms with van der Waals surface area (Å²) in [5, 5.41) is 7.52. The minimum absolute atomic E-state index is 0.508. The Balaban J connectivity index is 1.60. The third kappa shape index (κ3) is 2.56. The van der Waals surface area contributed by atoms with Crippen molar-refractivity contribution < 1.29 is 4.74 Å². The number of rotatable bonds is 5. The van der Waals surface area contributed by atoms with Crippen molar-refractivity contribution in [1.82, 2.24) is 15.1 Å². The molecule has 106 valence electrons. The van der Waals surface area contributed by atoms with Crippen LogP contribution in [0.3, 0.4) is 0 Å². The van der Waals surface area contributed by atoms with Crippen LogP contribution in [0.25, 0.3) is 0 Å². The molecule has 1 aromatic carbocycles. The zero-order valence-electron chi connectivity index (χ0n) is 12.1. The minimum Gasteiger partial charge on any atom is -0.493 e. The molecule has 0 fully saturated rings. The van der Waals surface area contributed by atoms with Crippen LogP contribution in [0.4, 0.5) is 0 Å². The van der Waals surface area contributed by atoms with Crippen LogP contribution in [0.5, 0.6) is 5.75 Å². The summed E-state index contributed by atoms with van der Waals surface area (Å²) >= 11 is 0. The summed E-state index contributed by atoms with van der Waals surface area (Å²) in [7, 11) is 3.99. The summed E-state index contributed by atoms with van der Waals surface area (Å²) in [6, 6.07) is 9.01. The van der Waals surface area contributed by atoms with Crippen LogP contribution in [0.1, 0.15) is 29.3 Å². The van der Waals surface area contributed by atoms with Crippen LogP contribution in [0, 0.1) is 0 Å². The molecule has 4 nitrogen and oxygen atoms in total. The van der Waals surface area contributed by atoms with Gasteiger partial charge in [0, 0.05) is 31.4 Å². The van der Waals surface area contributed by atoms with Gasteiger partial charge in [0.15, 0.2) is 0 Å². The van der Waals surface area contributed by atoms with E-state index in [9.17, 15) is 0 Å². The van der Waals surface area contributed by atoms with Crippen LogP contribution in [-0.4, -0.2) is 23.4 Å². The highest BCUT2D eigenvalue weighted by Crippen LogP contribution is 2.33. The fourth-order valence-corrected chi connectivity index (χ4v) is 2.90. The van der Waals surface area contributed by atoms with E-state index in [2.05, 4.69) is 28.6 Å². The highest BCUT2D eigenvalue weighted by atomic mass is 16.5. The minimum atomic E-state index is 0.508.